The molecule has 1 amide bonds. The Morgan fingerprint density at radius 2 is 1.26 bits per heavy atom. The monoisotopic (exact) mass is 650 g/mol. The topological polar surface area (TPSA) is 130 Å². The minimum Gasteiger partial charge on any atom is -0.493 e. The van der Waals surface area contributed by atoms with E-state index in [4.69, 9.17) is 35.3 Å². The summed E-state index contributed by atoms with van der Waals surface area (Å²) in [6.45, 7) is 14.0. The molecule has 3 rings (SSSR count). The first-order valence-corrected chi connectivity index (χ1v) is 14.7. The number of ether oxygens (including phenoxy) is 4. The summed E-state index contributed by atoms with van der Waals surface area (Å²) < 4.78 is 21.0. The van der Waals surface area contributed by atoms with Crippen molar-refractivity contribution in [2.24, 2.45) is 4.99 Å². The molecule has 244 valence electrons. The molecule has 0 aliphatic rings. The number of amides is 1. The second-order valence-electron chi connectivity index (χ2n) is 8.62. The van der Waals surface area contributed by atoms with Crippen LogP contribution in [0.3, 0.4) is 0 Å². The van der Waals surface area contributed by atoms with E-state index in [9.17, 15) is 14.4 Å². The van der Waals surface area contributed by atoms with E-state index < -0.39 is 11.9 Å². The van der Waals surface area contributed by atoms with Crippen LogP contribution in [0, 0.1) is 0 Å². The quantitative estimate of drug-likeness (QED) is 0.0747. The number of carbonyl (C=O) groups is 4. The maximum absolute atomic E-state index is 12.7. The number of benzene rings is 3. The molecule has 0 heterocycles. The molecule has 10 nitrogen and oxygen atoms in total. The number of esters is 2. The lowest BCUT2D eigenvalue weighted by molar-refractivity contribution is -0.138. The van der Waals surface area contributed by atoms with Gasteiger partial charge in [-0.1, -0.05) is 38.6 Å². The molecule has 0 spiro atoms. The second kappa shape index (κ2) is 23.2. The number of hydrogen-bond acceptors (Lipinski definition) is 9. The summed E-state index contributed by atoms with van der Waals surface area (Å²) in [5.41, 5.74) is 2.37. The van der Waals surface area contributed by atoms with Crippen molar-refractivity contribution < 1.29 is 38.1 Å². The number of halogens is 1. The fraction of sp³-hybridized carbons (Fsp3) is 0.229. The van der Waals surface area contributed by atoms with E-state index in [2.05, 4.69) is 23.5 Å². The molecule has 0 radical (unpaired) electrons. The molecule has 0 aliphatic carbocycles. The standard InChI is InChI=1S/C32H31ClN2O7.C2H6.CH2O/c1-3-30(36)41-19-5-17-39-26-12-7-23(8-13-26)22-34-25-11-16-29(28(33)21-25)35-32(38)24-9-14-27(15-10-24)40-18-6-20-42-31(37)4-2;2*1-2/h3-4,7-16,21-22H,1-2,5-6,17-20H2,(H,35,38);1-2H3;1H2. The van der Waals surface area contributed by atoms with Crippen molar-refractivity contribution in [3.63, 3.8) is 0 Å². The maximum Gasteiger partial charge on any atom is 0.330 e. The van der Waals surface area contributed by atoms with Crippen LogP contribution in [0.5, 0.6) is 11.5 Å². The van der Waals surface area contributed by atoms with Crippen LogP contribution in [0.2, 0.25) is 5.02 Å². The molecular weight excluding hydrogens is 612 g/mol. The largest absolute Gasteiger partial charge is 0.493 e. The zero-order valence-corrected chi connectivity index (χ0v) is 26.8. The highest BCUT2D eigenvalue weighted by Gasteiger charge is 2.10. The van der Waals surface area contributed by atoms with Gasteiger partial charge in [0.15, 0.2) is 0 Å². The Balaban J connectivity index is 0.00000254. The van der Waals surface area contributed by atoms with Crippen molar-refractivity contribution in [1.82, 2.24) is 0 Å². The van der Waals surface area contributed by atoms with Crippen LogP contribution in [-0.2, 0) is 23.9 Å². The lowest BCUT2D eigenvalue weighted by atomic mass is 10.2. The van der Waals surface area contributed by atoms with Gasteiger partial charge in [0, 0.05) is 36.8 Å². The fourth-order valence-corrected chi connectivity index (χ4v) is 3.57. The smallest absolute Gasteiger partial charge is 0.330 e. The van der Waals surface area contributed by atoms with Crippen molar-refractivity contribution in [2.75, 3.05) is 31.7 Å². The van der Waals surface area contributed by atoms with Crippen LogP contribution in [0.15, 0.2) is 97.0 Å². The van der Waals surface area contributed by atoms with Crippen molar-refractivity contribution in [2.45, 2.75) is 26.7 Å². The molecule has 0 saturated carbocycles. The summed E-state index contributed by atoms with van der Waals surface area (Å²) in [6, 6.07) is 19.1. The number of nitrogens with zero attached hydrogens (tertiary/aromatic N) is 1. The van der Waals surface area contributed by atoms with Crippen molar-refractivity contribution in [3.8, 4) is 11.5 Å². The van der Waals surface area contributed by atoms with Crippen molar-refractivity contribution in [3.05, 3.63) is 108 Å². The van der Waals surface area contributed by atoms with E-state index in [1.54, 1.807) is 48.7 Å². The first-order chi connectivity index (χ1) is 22.4. The summed E-state index contributed by atoms with van der Waals surface area (Å²) >= 11 is 6.40. The van der Waals surface area contributed by atoms with E-state index in [1.165, 1.54) is 0 Å². The summed E-state index contributed by atoms with van der Waals surface area (Å²) in [5.74, 6) is 0.0363. The van der Waals surface area contributed by atoms with Gasteiger partial charge < -0.3 is 29.1 Å². The molecule has 3 aromatic carbocycles. The van der Waals surface area contributed by atoms with Crippen molar-refractivity contribution >= 4 is 53.8 Å². The van der Waals surface area contributed by atoms with Crippen LogP contribution in [0.25, 0.3) is 0 Å². The Kier molecular flexibility index (Phi) is 19.6. The van der Waals surface area contributed by atoms with Gasteiger partial charge >= 0.3 is 11.9 Å². The van der Waals surface area contributed by atoms with Crippen LogP contribution >= 0.6 is 11.6 Å². The molecule has 0 atom stereocenters. The Morgan fingerprint density at radius 1 is 0.761 bits per heavy atom. The lowest BCUT2D eigenvalue weighted by Gasteiger charge is -2.09. The molecule has 0 aromatic heterocycles. The molecule has 0 saturated heterocycles. The maximum atomic E-state index is 12.7. The molecule has 0 fully saturated rings. The normalized spacial score (nSPS) is 9.80. The minimum absolute atomic E-state index is 0.235. The Labute approximate surface area is 274 Å². The van der Waals surface area contributed by atoms with Crippen LogP contribution in [0.4, 0.5) is 11.4 Å². The van der Waals surface area contributed by atoms with E-state index in [0.29, 0.717) is 59.5 Å². The zero-order chi connectivity index (χ0) is 34.2. The average molecular weight is 651 g/mol. The number of rotatable bonds is 16. The third-order valence-corrected chi connectivity index (χ3v) is 5.81. The fourth-order valence-electron chi connectivity index (χ4n) is 3.34. The van der Waals surface area contributed by atoms with Crippen LogP contribution < -0.4 is 14.8 Å². The van der Waals surface area contributed by atoms with Gasteiger partial charge in [0.05, 0.1) is 42.8 Å². The predicted octanol–water partition coefficient (Wildman–Crippen LogP) is 7.18. The summed E-state index contributed by atoms with van der Waals surface area (Å²) in [4.78, 5) is 47.2. The summed E-state index contributed by atoms with van der Waals surface area (Å²) in [5, 5.41) is 3.14. The van der Waals surface area contributed by atoms with Gasteiger partial charge in [-0.15, -0.1) is 0 Å². The van der Waals surface area contributed by atoms with Gasteiger partial charge in [0.2, 0.25) is 0 Å². The van der Waals surface area contributed by atoms with E-state index in [0.717, 1.165) is 17.7 Å². The Hall–Kier alpha value is -5.22. The number of carbonyl (C=O) groups excluding carboxylic acids is 4. The Bertz CT molecular complexity index is 1420. The lowest BCUT2D eigenvalue weighted by Crippen LogP contribution is -2.12. The molecule has 0 unspecified atom stereocenters. The highest BCUT2D eigenvalue weighted by molar-refractivity contribution is 6.34. The van der Waals surface area contributed by atoms with Gasteiger partial charge in [-0.25, -0.2) is 9.59 Å². The highest BCUT2D eigenvalue weighted by Crippen LogP contribution is 2.28. The molecule has 1 N–H and O–H groups in total. The van der Waals surface area contributed by atoms with E-state index in [1.807, 2.05) is 44.9 Å². The van der Waals surface area contributed by atoms with E-state index >= 15 is 0 Å². The minimum atomic E-state index is -0.471. The van der Waals surface area contributed by atoms with Crippen LogP contribution in [-0.4, -0.2) is 57.3 Å². The second-order valence-corrected chi connectivity index (χ2v) is 9.02. The first kappa shape index (κ1) is 38.8. The summed E-state index contributed by atoms with van der Waals surface area (Å²) in [6.07, 6.45) is 5.03. The third kappa shape index (κ3) is 15.0. The molecule has 46 heavy (non-hydrogen) atoms. The van der Waals surface area contributed by atoms with Gasteiger partial charge in [-0.2, -0.15) is 0 Å². The molecule has 0 bridgehead atoms. The first-order valence-electron chi connectivity index (χ1n) is 14.4. The number of nitrogens with one attached hydrogen (secondary N) is 1. The van der Waals surface area contributed by atoms with Crippen molar-refractivity contribution in [1.29, 1.82) is 0 Å². The molecule has 0 aliphatic heterocycles. The van der Waals surface area contributed by atoms with Gasteiger partial charge in [0.25, 0.3) is 5.91 Å². The number of hydrogen-bond donors (Lipinski definition) is 1. The van der Waals surface area contributed by atoms with Gasteiger partial charge in [-0.05, 0) is 72.3 Å². The highest BCUT2D eigenvalue weighted by atomic mass is 35.5. The van der Waals surface area contributed by atoms with Gasteiger partial charge in [0.1, 0.15) is 18.3 Å². The average Bonchev–Trinajstić information content (AvgIpc) is 3.10. The third-order valence-electron chi connectivity index (χ3n) is 5.50. The Morgan fingerprint density at radius 3 is 1.74 bits per heavy atom. The predicted molar refractivity (Wildman–Crippen MR) is 181 cm³/mol. The number of aliphatic imine (C=N–C) groups is 1. The molecule has 11 heteroatoms. The number of anilines is 1. The molecular formula is C35H39ClN2O8. The molecule has 3 aromatic rings. The van der Waals surface area contributed by atoms with Gasteiger partial charge in [-0.3, -0.25) is 9.79 Å². The van der Waals surface area contributed by atoms with Crippen LogP contribution in [0.1, 0.15) is 42.6 Å². The summed E-state index contributed by atoms with van der Waals surface area (Å²) in [7, 11) is 0. The SMILES string of the molecule is C=CC(=O)OCCCOc1ccc(C=Nc2ccc(NC(=O)c3ccc(OCCCOC(=O)C=C)cc3)c(Cl)c2)cc1.C=O.CC. The van der Waals surface area contributed by atoms with E-state index in [-0.39, 0.29) is 19.1 Å². The zero-order valence-electron chi connectivity index (χ0n) is 26.0.